The van der Waals surface area contributed by atoms with E-state index in [1.165, 1.54) is 13.0 Å². The van der Waals surface area contributed by atoms with Crippen molar-refractivity contribution in [3.63, 3.8) is 0 Å². The minimum absolute atomic E-state index is 0.131. The van der Waals surface area contributed by atoms with Gasteiger partial charge in [-0.25, -0.2) is 4.99 Å². The van der Waals surface area contributed by atoms with Gasteiger partial charge in [-0.15, -0.1) is 0 Å². The molecule has 1 atom stereocenters. The molecule has 3 rings (SSSR count). The number of carbonyl (C=O) groups is 3. The summed E-state index contributed by atoms with van der Waals surface area (Å²) in [6.45, 7) is 2.70. The molecule has 7 N–H and O–H groups in total. The summed E-state index contributed by atoms with van der Waals surface area (Å²) in [5.74, 6) is -1.91. The first-order valence-corrected chi connectivity index (χ1v) is 10.7. The molecule has 10 nitrogen and oxygen atoms in total. The molecule has 1 aliphatic heterocycles. The fourth-order valence-corrected chi connectivity index (χ4v) is 3.62. The summed E-state index contributed by atoms with van der Waals surface area (Å²) in [4.78, 5) is 43.5. The van der Waals surface area contributed by atoms with Gasteiger partial charge in [-0.1, -0.05) is 12.1 Å². The van der Waals surface area contributed by atoms with Gasteiger partial charge < -0.3 is 32.1 Å². The van der Waals surface area contributed by atoms with Crippen molar-refractivity contribution in [1.29, 1.82) is 0 Å². The van der Waals surface area contributed by atoms with Crippen molar-refractivity contribution < 1.29 is 19.5 Å². The average Bonchev–Trinajstić information content (AvgIpc) is 2.79. The van der Waals surface area contributed by atoms with Crippen LogP contribution in [0.5, 0.6) is 0 Å². The molecule has 33 heavy (non-hydrogen) atoms. The molecule has 0 unspecified atom stereocenters. The molecule has 0 spiro atoms. The van der Waals surface area contributed by atoms with Crippen molar-refractivity contribution in [2.24, 2.45) is 16.5 Å². The number of benzene rings is 2. The number of carboxylic acid groups (broad SMARTS) is 1. The van der Waals surface area contributed by atoms with Crippen LogP contribution in [0.1, 0.15) is 46.9 Å². The van der Waals surface area contributed by atoms with Gasteiger partial charge in [0.2, 0.25) is 0 Å². The number of piperidine rings is 1. The molecule has 1 saturated heterocycles. The highest BCUT2D eigenvalue weighted by molar-refractivity contribution is 6.11. The summed E-state index contributed by atoms with van der Waals surface area (Å²) in [6.07, 6.45) is 2.84. The summed E-state index contributed by atoms with van der Waals surface area (Å²) in [6, 6.07) is 10.4. The van der Waals surface area contributed by atoms with Crippen molar-refractivity contribution >= 4 is 40.8 Å². The number of carbonyl (C=O) groups excluding carboxylic acids is 2. The molecule has 174 valence electrons. The molecule has 10 heteroatoms. The number of nitrogens with one attached hydrogen (secondary N) is 2. The zero-order valence-electron chi connectivity index (χ0n) is 18.4. The van der Waals surface area contributed by atoms with E-state index in [0.29, 0.717) is 30.0 Å². The maximum atomic E-state index is 13.4. The zero-order valence-corrected chi connectivity index (χ0v) is 18.4. The molecule has 2 aromatic rings. The van der Waals surface area contributed by atoms with Crippen molar-refractivity contribution in [2.45, 2.75) is 32.2 Å². The zero-order chi connectivity index (χ0) is 24.0. The minimum Gasteiger partial charge on any atom is -0.480 e. The lowest BCUT2D eigenvalue weighted by Crippen LogP contribution is -2.37. The third kappa shape index (κ3) is 6.00. The third-order valence-corrected chi connectivity index (χ3v) is 5.28. The number of amides is 2. The van der Waals surface area contributed by atoms with Gasteiger partial charge >= 0.3 is 5.97 Å². The fourth-order valence-electron chi connectivity index (χ4n) is 3.62. The van der Waals surface area contributed by atoms with Crippen LogP contribution in [0.4, 0.5) is 17.1 Å². The Morgan fingerprint density at radius 2 is 1.70 bits per heavy atom. The molecule has 2 amide bonds. The van der Waals surface area contributed by atoms with E-state index in [0.717, 1.165) is 19.3 Å². The normalized spacial score (nSPS) is 14.2. The molecule has 0 bridgehead atoms. The van der Waals surface area contributed by atoms with Crippen molar-refractivity contribution in [3.8, 4) is 0 Å². The number of carboxylic acids is 1. The molecule has 1 heterocycles. The first-order valence-electron chi connectivity index (χ1n) is 10.7. The molecular formula is C23H28N6O4. The topological polar surface area (TPSA) is 163 Å². The summed E-state index contributed by atoms with van der Waals surface area (Å²) in [7, 11) is 0. The monoisotopic (exact) mass is 452 g/mol. The third-order valence-electron chi connectivity index (χ3n) is 5.28. The number of rotatable bonds is 7. The predicted molar refractivity (Wildman–Crippen MR) is 127 cm³/mol. The summed E-state index contributed by atoms with van der Waals surface area (Å²) in [5.41, 5.74) is 12.4. The second kappa shape index (κ2) is 10.5. The van der Waals surface area contributed by atoms with E-state index in [1.807, 2.05) is 0 Å². The highest BCUT2D eigenvalue weighted by atomic mass is 16.4. The maximum absolute atomic E-state index is 13.4. The van der Waals surface area contributed by atoms with E-state index in [9.17, 15) is 19.5 Å². The van der Waals surface area contributed by atoms with E-state index < -0.39 is 17.9 Å². The van der Waals surface area contributed by atoms with Crippen LogP contribution in [0, 0.1) is 0 Å². The first-order chi connectivity index (χ1) is 15.8. The average molecular weight is 453 g/mol. The van der Waals surface area contributed by atoms with Crippen LogP contribution in [-0.4, -0.2) is 52.9 Å². The minimum atomic E-state index is -1.06. The Bertz CT molecular complexity index is 1070. The molecule has 0 saturated carbocycles. The molecule has 2 aromatic carbocycles. The Kier molecular flexibility index (Phi) is 7.50. The number of guanidine groups is 1. The maximum Gasteiger partial charge on any atom is 0.325 e. The van der Waals surface area contributed by atoms with Crippen molar-refractivity contribution in [1.82, 2.24) is 4.90 Å². The highest BCUT2D eigenvalue weighted by Gasteiger charge is 2.26. The van der Waals surface area contributed by atoms with Gasteiger partial charge in [0, 0.05) is 24.3 Å². The molecule has 0 aromatic heterocycles. The summed E-state index contributed by atoms with van der Waals surface area (Å²) < 4.78 is 0. The van der Waals surface area contributed by atoms with Crippen LogP contribution in [0.2, 0.25) is 0 Å². The van der Waals surface area contributed by atoms with Gasteiger partial charge in [0.25, 0.3) is 11.8 Å². The molecule has 1 aliphatic rings. The number of hydrogen-bond donors (Lipinski definition) is 5. The van der Waals surface area contributed by atoms with Crippen molar-refractivity contribution in [3.05, 3.63) is 53.6 Å². The second-order valence-electron chi connectivity index (χ2n) is 7.83. The Hall–Kier alpha value is -4.08. The molecule has 0 radical (unpaired) electrons. The van der Waals surface area contributed by atoms with E-state index in [4.69, 9.17) is 11.5 Å². The number of nitrogens with two attached hydrogens (primary N) is 2. The Labute approximate surface area is 191 Å². The number of aliphatic imine (C=N–C) groups is 1. The van der Waals surface area contributed by atoms with E-state index >= 15 is 0 Å². The molecule has 1 fully saturated rings. The van der Waals surface area contributed by atoms with E-state index in [-0.39, 0.29) is 23.1 Å². The number of anilines is 2. The highest BCUT2D eigenvalue weighted by Crippen LogP contribution is 2.29. The lowest BCUT2D eigenvalue weighted by Gasteiger charge is -2.29. The standard InChI is InChI=1S/C23H28N6O4/c1-14(22(32)33)26-17-9-6-10-18(19(17)21(31)29-11-3-2-4-12-29)28-20(30)15-7-5-8-16(13-15)27-23(24)25/h5-10,13-14,26H,2-4,11-12H2,1H3,(H,28,30)(H,32,33)(H4,24,25,27)/t14-/m0/s1. The Balaban J connectivity index is 1.96. The predicted octanol–water partition coefficient (Wildman–Crippen LogP) is 2.35. The van der Waals surface area contributed by atoms with Gasteiger partial charge in [-0.3, -0.25) is 14.4 Å². The SMILES string of the molecule is C[C@H](Nc1cccc(NC(=O)c2cccc(N=C(N)N)c2)c1C(=O)N1CCCCC1)C(=O)O. The lowest BCUT2D eigenvalue weighted by molar-refractivity contribution is -0.137. The summed E-state index contributed by atoms with van der Waals surface area (Å²) >= 11 is 0. The van der Waals surface area contributed by atoms with Crippen LogP contribution in [0.25, 0.3) is 0 Å². The Morgan fingerprint density at radius 3 is 2.36 bits per heavy atom. The van der Waals surface area contributed by atoms with Crippen LogP contribution >= 0.6 is 0 Å². The van der Waals surface area contributed by atoms with Gasteiger partial charge in [0.1, 0.15) is 6.04 Å². The fraction of sp³-hybridized carbons (Fsp3) is 0.304. The van der Waals surface area contributed by atoms with Crippen LogP contribution in [-0.2, 0) is 4.79 Å². The largest absolute Gasteiger partial charge is 0.480 e. The number of nitrogens with zero attached hydrogens (tertiary/aromatic N) is 2. The number of hydrogen-bond acceptors (Lipinski definition) is 5. The van der Waals surface area contributed by atoms with Crippen LogP contribution < -0.4 is 22.1 Å². The lowest BCUT2D eigenvalue weighted by atomic mass is 10.0. The number of likely N-dealkylation sites (tertiary alicyclic amines) is 1. The van der Waals surface area contributed by atoms with Crippen LogP contribution in [0.15, 0.2) is 47.5 Å². The molecule has 0 aliphatic carbocycles. The summed E-state index contributed by atoms with van der Waals surface area (Å²) in [5, 5.41) is 15.0. The smallest absolute Gasteiger partial charge is 0.325 e. The van der Waals surface area contributed by atoms with Gasteiger partial charge in [-0.2, -0.15) is 0 Å². The first kappa shape index (κ1) is 23.6. The number of aliphatic carboxylic acids is 1. The van der Waals surface area contributed by atoms with Gasteiger partial charge in [0.05, 0.1) is 16.9 Å². The van der Waals surface area contributed by atoms with Crippen molar-refractivity contribution in [2.75, 3.05) is 23.7 Å². The van der Waals surface area contributed by atoms with E-state index in [1.54, 1.807) is 41.3 Å². The van der Waals surface area contributed by atoms with Crippen LogP contribution in [0.3, 0.4) is 0 Å². The molecular weight excluding hydrogens is 424 g/mol. The Morgan fingerprint density at radius 1 is 1.03 bits per heavy atom. The van der Waals surface area contributed by atoms with Gasteiger partial charge in [0.15, 0.2) is 5.96 Å². The van der Waals surface area contributed by atoms with Gasteiger partial charge in [-0.05, 0) is 56.5 Å². The van der Waals surface area contributed by atoms with E-state index in [2.05, 4.69) is 15.6 Å². The quantitative estimate of drug-likeness (QED) is 0.318. The second-order valence-corrected chi connectivity index (χ2v) is 7.83.